The normalized spacial score (nSPS) is 24.3. The molecule has 0 aliphatic carbocycles. The number of amides is 1. The van der Waals surface area contributed by atoms with Gasteiger partial charge in [0, 0.05) is 6.54 Å². The Labute approximate surface area is 142 Å². The Balaban J connectivity index is 2.84. The zero-order valence-corrected chi connectivity index (χ0v) is 17.1. The first-order valence-electron chi connectivity index (χ1n) is 8.57. The largest absolute Gasteiger partial charge is 0.444 e. The van der Waals surface area contributed by atoms with E-state index in [0.717, 1.165) is 6.42 Å². The van der Waals surface area contributed by atoms with Crippen molar-refractivity contribution in [3.63, 3.8) is 0 Å². The van der Waals surface area contributed by atoms with Crippen LogP contribution in [0.1, 0.15) is 54.4 Å². The molecule has 1 heterocycles. The fourth-order valence-electron chi connectivity index (χ4n) is 2.27. The zero-order valence-electron chi connectivity index (χ0n) is 16.1. The lowest BCUT2D eigenvalue weighted by Gasteiger charge is -2.41. The number of hydrogen-bond acceptors (Lipinski definition) is 4. The molecule has 2 atom stereocenters. The number of hydrogen-bond donors (Lipinski definition) is 1. The third-order valence-electron chi connectivity index (χ3n) is 4.66. The molecule has 0 saturated carbocycles. The Kier molecular flexibility index (Phi) is 6.32. The molecule has 0 aromatic rings. The summed E-state index contributed by atoms with van der Waals surface area (Å²) in [7, 11) is -2.01. The Hall–Kier alpha value is -0.593. The molecule has 0 unspecified atom stereocenters. The van der Waals surface area contributed by atoms with E-state index < -0.39 is 20.0 Å². The van der Waals surface area contributed by atoms with Crippen LogP contribution in [-0.2, 0) is 9.16 Å². The molecule has 23 heavy (non-hydrogen) atoms. The van der Waals surface area contributed by atoms with E-state index in [-0.39, 0.29) is 17.2 Å². The van der Waals surface area contributed by atoms with Gasteiger partial charge in [-0.3, -0.25) is 0 Å². The third kappa shape index (κ3) is 6.08. The Morgan fingerprint density at radius 1 is 1.17 bits per heavy atom. The molecule has 1 aliphatic heterocycles. The molecule has 1 rings (SSSR count). The van der Waals surface area contributed by atoms with E-state index in [1.165, 1.54) is 0 Å². The highest BCUT2D eigenvalue weighted by Gasteiger charge is 2.42. The van der Waals surface area contributed by atoms with E-state index in [1.54, 1.807) is 4.90 Å². The molecule has 0 radical (unpaired) electrons. The average Bonchev–Trinajstić information content (AvgIpc) is 2.48. The van der Waals surface area contributed by atoms with Crippen molar-refractivity contribution >= 4 is 14.4 Å². The third-order valence-corrected chi connectivity index (χ3v) is 9.17. The molecule has 1 amide bonds. The second kappa shape index (κ2) is 7.11. The van der Waals surface area contributed by atoms with Crippen LogP contribution in [0.15, 0.2) is 0 Å². The Bertz CT molecular complexity index is 412. The van der Waals surface area contributed by atoms with E-state index >= 15 is 0 Å². The topological polar surface area (TPSA) is 59.0 Å². The van der Waals surface area contributed by atoms with Gasteiger partial charge in [-0.1, -0.05) is 20.8 Å². The maximum absolute atomic E-state index is 12.4. The molecule has 1 N–H and O–H groups in total. The summed E-state index contributed by atoms with van der Waals surface area (Å²) in [5.41, 5.74) is -0.516. The molecule has 136 valence electrons. The Morgan fingerprint density at radius 2 is 1.74 bits per heavy atom. The highest BCUT2D eigenvalue weighted by Crippen LogP contribution is 2.38. The van der Waals surface area contributed by atoms with Crippen molar-refractivity contribution in [2.45, 2.75) is 90.3 Å². The average molecular weight is 346 g/mol. The molecule has 1 aliphatic rings. The molecule has 0 aromatic heterocycles. The monoisotopic (exact) mass is 345 g/mol. The summed E-state index contributed by atoms with van der Waals surface area (Å²) in [6.07, 6.45) is 0.217. The molecular weight excluding hydrogens is 310 g/mol. The highest BCUT2D eigenvalue weighted by molar-refractivity contribution is 6.74. The van der Waals surface area contributed by atoms with Crippen LogP contribution in [0.5, 0.6) is 0 Å². The maximum atomic E-state index is 12.4. The summed E-state index contributed by atoms with van der Waals surface area (Å²) in [6.45, 7) is 17.4. The van der Waals surface area contributed by atoms with Crippen LogP contribution in [-0.4, -0.2) is 55.3 Å². The number of carbonyl (C=O) groups is 1. The number of nitrogens with zero attached hydrogens (tertiary/aromatic N) is 1. The van der Waals surface area contributed by atoms with Crippen LogP contribution in [0.4, 0.5) is 4.79 Å². The van der Waals surface area contributed by atoms with Gasteiger partial charge in [-0.05, 0) is 51.7 Å². The Morgan fingerprint density at radius 3 is 2.22 bits per heavy atom. The van der Waals surface area contributed by atoms with Gasteiger partial charge in [-0.2, -0.15) is 0 Å². The van der Waals surface area contributed by atoms with Crippen LogP contribution in [0, 0.1) is 0 Å². The number of likely N-dealkylation sites (tertiary alicyclic amines) is 1. The quantitative estimate of drug-likeness (QED) is 0.774. The zero-order chi connectivity index (χ0) is 18.1. The lowest BCUT2D eigenvalue weighted by molar-refractivity contribution is -0.00105. The summed E-state index contributed by atoms with van der Waals surface area (Å²) in [6, 6.07) is 0. The fourth-order valence-corrected chi connectivity index (χ4v) is 3.61. The van der Waals surface area contributed by atoms with Crippen molar-refractivity contribution in [1.29, 1.82) is 0 Å². The minimum absolute atomic E-state index is 0.0653. The molecule has 0 bridgehead atoms. The molecule has 1 fully saturated rings. The SMILES string of the molecule is CC(C)(C)OC(=O)N1CCC[C@H](O)[C@H](O[Si](C)(C)C(C)(C)C)C1. The smallest absolute Gasteiger partial charge is 0.410 e. The summed E-state index contributed by atoms with van der Waals surface area (Å²) in [4.78, 5) is 14.0. The molecule has 5 nitrogen and oxygen atoms in total. The van der Waals surface area contributed by atoms with Gasteiger partial charge in [0.25, 0.3) is 0 Å². The molecule has 0 spiro atoms. The first-order chi connectivity index (χ1) is 10.2. The van der Waals surface area contributed by atoms with E-state index in [4.69, 9.17) is 9.16 Å². The summed E-state index contributed by atoms with van der Waals surface area (Å²) in [5.74, 6) is 0. The van der Waals surface area contributed by atoms with Gasteiger partial charge in [0.05, 0.1) is 18.8 Å². The molecular formula is C17H35NO4Si. The minimum atomic E-state index is -2.01. The first kappa shape index (κ1) is 20.5. The van der Waals surface area contributed by atoms with Crippen LogP contribution >= 0.6 is 0 Å². The van der Waals surface area contributed by atoms with Gasteiger partial charge in [0.2, 0.25) is 0 Å². The molecule has 1 saturated heterocycles. The van der Waals surface area contributed by atoms with Gasteiger partial charge in [0.1, 0.15) is 5.60 Å². The van der Waals surface area contributed by atoms with Gasteiger partial charge in [0.15, 0.2) is 8.32 Å². The van der Waals surface area contributed by atoms with Crippen LogP contribution in [0.2, 0.25) is 18.1 Å². The first-order valence-corrected chi connectivity index (χ1v) is 11.5. The van der Waals surface area contributed by atoms with Gasteiger partial charge < -0.3 is 19.2 Å². The van der Waals surface area contributed by atoms with Crippen molar-refractivity contribution in [3.05, 3.63) is 0 Å². The lowest BCUT2D eigenvalue weighted by Crippen LogP contribution is -2.51. The van der Waals surface area contributed by atoms with E-state index in [1.807, 2.05) is 20.8 Å². The number of ether oxygens (including phenoxy) is 1. The van der Waals surface area contributed by atoms with Crippen LogP contribution < -0.4 is 0 Å². The number of rotatable bonds is 2. The van der Waals surface area contributed by atoms with Crippen molar-refractivity contribution < 1.29 is 19.1 Å². The second-order valence-corrected chi connectivity index (χ2v) is 13.8. The number of aliphatic hydroxyl groups is 1. The molecule has 0 aromatic carbocycles. The van der Waals surface area contributed by atoms with Crippen molar-refractivity contribution in [2.24, 2.45) is 0 Å². The molecule has 6 heteroatoms. The lowest BCUT2D eigenvalue weighted by atomic mass is 10.1. The van der Waals surface area contributed by atoms with Crippen LogP contribution in [0.3, 0.4) is 0 Å². The summed E-state index contributed by atoms with van der Waals surface area (Å²) in [5, 5.41) is 10.5. The fraction of sp³-hybridized carbons (Fsp3) is 0.941. The van der Waals surface area contributed by atoms with E-state index in [9.17, 15) is 9.90 Å². The highest BCUT2D eigenvalue weighted by atomic mass is 28.4. The summed E-state index contributed by atoms with van der Waals surface area (Å²) >= 11 is 0. The maximum Gasteiger partial charge on any atom is 0.410 e. The number of carbonyl (C=O) groups excluding carboxylic acids is 1. The van der Waals surface area contributed by atoms with Crippen molar-refractivity contribution in [3.8, 4) is 0 Å². The van der Waals surface area contributed by atoms with Gasteiger partial charge in [-0.15, -0.1) is 0 Å². The predicted octanol–water partition coefficient (Wildman–Crippen LogP) is 3.77. The second-order valence-electron chi connectivity index (χ2n) is 9.05. The van der Waals surface area contributed by atoms with E-state index in [2.05, 4.69) is 33.9 Å². The standard InChI is InChI=1S/C17H35NO4Si/c1-16(2,3)21-15(20)18-11-9-10-13(19)14(12-18)22-23(7,8)17(4,5)6/h13-14,19H,9-12H2,1-8H3/t13-,14+/m0/s1. The van der Waals surface area contributed by atoms with Crippen LogP contribution in [0.25, 0.3) is 0 Å². The van der Waals surface area contributed by atoms with E-state index in [0.29, 0.717) is 19.5 Å². The van der Waals surface area contributed by atoms with Gasteiger partial charge >= 0.3 is 6.09 Å². The van der Waals surface area contributed by atoms with Crippen molar-refractivity contribution in [2.75, 3.05) is 13.1 Å². The predicted molar refractivity (Wildman–Crippen MR) is 95.1 cm³/mol. The number of aliphatic hydroxyl groups excluding tert-OH is 1. The van der Waals surface area contributed by atoms with Crippen molar-refractivity contribution in [1.82, 2.24) is 4.90 Å². The van der Waals surface area contributed by atoms with Gasteiger partial charge in [-0.25, -0.2) is 4.79 Å². The minimum Gasteiger partial charge on any atom is -0.444 e. The summed E-state index contributed by atoms with van der Waals surface area (Å²) < 4.78 is 11.9.